The first kappa shape index (κ1) is 15.3. The van der Waals surface area contributed by atoms with Gasteiger partial charge in [-0.1, -0.05) is 0 Å². The Balaban J connectivity index is 2.09. The van der Waals surface area contributed by atoms with Crippen LogP contribution in [0.25, 0.3) is 0 Å². The van der Waals surface area contributed by atoms with Gasteiger partial charge in [0.2, 0.25) is 0 Å². The number of Topliss-reactive ketones (excluding diaryl/α,β-unsaturated/α-hetero) is 1. The normalized spacial score (nSPS) is 10.8. The number of benzene rings is 2. The highest BCUT2D eigenvalue weighted by atomic mass is 19.1. The molecule has 0 radical (unpaired) electrons. The van der Waals surface area contributed by atoms with Crippen LogP contribution in [0, 0.1) is 15.9 Å². The molecule has 0 aliphatic carbocycles. The van der Waals surface area contributed by atoms with Gasteiger partial charge in [-0.3, -0.25) is 19.9 Å². The van der Waals surface area contributed by atoms with Gasteiger partial charge in [0.25, 0.3) is 5.69 Å². The van der Waals surface area contributed by atoms with Crippen LogP contribution in [0.1, 0.15) is 15.9 Å². The highest BCUT2D eigenvalue weighted by Gasteiger charge is 2.09. The van der Waals surface area contributed by atoms with E-state index in [1.54, 1.807) is 0 Å². The number of hydrogen-bond acceptors (Lipinski definition) is 5. The van der Waals surface area contributed by atoms with Gasteiger partial charge in [-0.15, -0.1) is 0 Å². The largest absolute Gasteiger partial charge is 0.507 e. The van der Waals surface area contributed by atoms with Crippen molar-refractivity contribution >= 4 is 17.7 Å². The molecule has 2 aromatic carbocycles. The van der Waals surface area contributed by atoms with Crippen LogP contribution < -0.4 is 0 Å². The number of carbonyl (C=O) groups is 1. The van der Waals surface area contributed by atoms with Crippen molar-refractivity contribution in [2.24, 2.45) is 4.99 Å². The molecule has 0 spiro atoms. The molecular formula is C15H11FN2O4. The number of hydrogen-bond donors (Lipinski definition) is 1. The van der Waals surface area contributed by atoms with Crippen molar-refractivity contribution in [3.63, 3.8) is 0 Å². The Kier molecular flexibility index (Phi) is 4.57. The van der Waals surface area contributed by atoms with E-state index in [0.29, 0.717) is 5.56 Å². The van der Waals surface area contributed by atoms with Gasteiger partial charge in [0, 0.05) is 29.5 Å². The van der Waals surface area contributed by atoms with E-state index in [9.17, 15) is 24.4 Å². The fourth-order valence-corrected chi connectivity index (χ4v) is 1.71. The molecule has 0 saturated carbocycles. The Labute approximate surface area is 124 Å². The fourth-order valence-electron chi connectivity index (χ4n) is 1.71. The zero-order chi connectivity index (χ0) is 16.1. The van der Waals surface area contributed by atoms with Crippen molar-refractivity contribution in [2.75, 3.05) is 6.54 Å². The average Bonchev–Trinajstić information content (AvgIpc) is 2.49. The monoisotopic (exact) mass is 302 g/mol. The summed E-state index contributed by atoms with van der Waals surface area (Å²) in [5.41, 5.74) is 0.257. The van der Waals surface area contributed by atoms with Crippen LogP contribution in [-0.4, -0.2) is 28.6 Å². The van der Waals surface area contributed by atoms with Gasteiger partial charge in [0.15, 0.2) is 5.78 Å². The number of phenols is 1. The summed E-state index contributed by atoms with van der Waals surface area (Å²) >= 11 is 0. The molecule has 0 amide bonds. The van der Waals surface area contributed by atoms with Crippen molar-refractivity contribution in [1.29, 1.82) is 0 Å². The van der Waals surface area contributed by atoms with E-state index in [0.717, 1.165) is 12.1 Å². The first-order valence-corrected chi connectivity index (χ1v) is 6.23. The first-order valence-electron chi connectivity index (χ1n) is 6.23. The van der Waals surface area contributed by atoms with Crippen molar-refractivity contribution < 1.29 is 19.2 Å². The summed E-state index contributed by atoms with van der Waals surface area (Å²) < 4.78 is 12.7. The van der Waals surface area contributed by atoms with E-state index in [4.69, 9.17) is 0 Å². The summed E-state index contributed by atoms with van der Waals surface area (Å²) in [5, 5.41) is 20.2. The summed E-state index contributed by atoms with van der Waals surface area (Å²) in [5.74, 6) is -0.952. The number of rotatable bonds is 5. The van der Waals surface area contributed by atoms with Crippen LogP contribution in [0.15, 0.2) is 47.5 Å². The average molecular weight is 302 g/mol. The van der Waals surface area contributed by atoms with Gasteiger partial charge in [0.1, 0.15) is 18.1 Å². The summed E-state index contributed by atoms with van der Waals surface area (Å²) in [6.07, 6.45) is 1.18. The van der Waals surface area contributed by atoms with Crippen LogP contribution in [0.5, 0.6) is 5.75 Å². The molecule has 0 saturated heterocycles. The standard InChI is InChI=1S/C15H11FN2O4/c16-12-3-1-10(2-4-12)15(20)9-17-8-11-7-13(18(21)22)5-6-14(11)19/h1-8,19H,9H2. The van der Waals surface area contributed by atoms with E-state index in [1.165, 1.54) is 36.5 Å². The Morgan fingerprint density at radius 2 is 1.95 bits per heavy atom. The maximum absolute atomic E-state index is 12.7. The molecule has 0 atom stereocenters. The number of aliphatic imine (C=N–C) groups is 1. The second-order valence-electron chi connectivity index (χ2n) is 4.40. The minimum atomic E-state index is -0.597. The molecule has 22 heavy (non-hydrogen) atoms. The van der Waals surface area contributed by atoms with Gasteiger partial charge >= 0.3 is 0 Å². The van der Waals surface area contributed by atoms with Gasteiger partial charge < -0.3 is 5.11 Å². The maximum atomic E-state index is 12.7. The van der Waals surface area contributed by atoms with E-state index in [2.05, 4.69) is 4.99 Å². The number of phenolic OH excluding ortho intramolecular Hbond substituents is 1. The lowest BCUT2D eigenvalue weighted by Crippen LogP contribution is -2.03. The second-order valence-corrected chi connectivity index (χ2v) is 4.40. The molecule has 0 aliphatic heterocycles. The smallest absolute Gasteiger partial charge is 0.270 e. The van der Waals surface area contributed by atoms with Crippen molar-refractivity contribution in [2.45, 2.75) is 0 Å². The van der Waals surface area contributed by atoms with Gasteiger partial charge in [-0.25, -0.2) is 4.39 Å². The van der Waals surface area contributed by atoms with E-state index < -0.39 is 10.7 Å². The van der Waals surface area contributed by atoms with E-state index in [1.807, 2.05) is 0 Å². The zero-order valence-electron chi connectivity index (χ0n) is 11.3. The SMILES string of the molecule is O=C(CN=Cc1cc([N+](=O)[O-])ccc1O)c1ccc(F)cc1. The summed E-state index contributed by atoms with van der Waals surface area (Å²) in [6, 6.07) is 8.53. The maximum Gasteiger partial charge on any atom is 0.270 e. The third-order valence-corrected chi connectivity index (χ3v) is 2.85. The molecule has 6 nitrogen and oxygen atoms in total. The van der Waals surface area contributed by atoms with Crippen LogP contribution in [0.2, 0.25) is 0 Å². The number of nitrogens with zero attached hydrogens (tertiary/aromatic N) is 2. The second kappa shape index (κ2) is 6.57. The van der Waals surface area contributed by atoms with Crippen molar-refractivity contribution in [3.8, 4) is 5.75 Å². The van der Waals surface area contributed by atoms with Gasteiger partial charge in [0.05, 0.1) is 4.92 Å². The van der Waals surface area contributed by atoms with Crippen LogP contribution in [-0.2, 0) is 0 Å². The molecule has 7 heteroatoms. The highest BCUT2D eigenvalue weighted by Crippen LogP contribution is 2.21. The lowest BCUT2D eigenvalue weighted by Gasteiger charge is -1.99. The minimum Gasteiger partial charge on any atom is -0.507 e. The lowest BCUT2D eigenvalue weighted by molar-refractivity contribution is -0.384. The molecule has 1 N–H and O–H groups in total. The Bertz CT molecular complexity index is 742. The molecule has 112 valence electrons. The third kappa shape index (κ3) is 3.72. The number of aromatic hydroxyl groups is 1. The number of halogens is 1. The molecule has 2 aromatic rings. The summed E-state index contributed by atoms with van der Waals surface area (Å²) in [6.45, 7) is -0.215. The van der Waals surface area contributed by atoms with Crippen LogP contribution >= 0.6 is 0 Å². The lowest BCUT2D eigenvalue weighted by atomic mass is 10.1. The quantitative estimate of drug-likeness (QED) is 0.398. The number of nitro groups is 1. The third-order valence-electron chi connectivity index (χ3n) is 2.85. The summed E-state index contributed by atoms with van der Waals surface area (Å²) in [7, 11) is 0. The summed E-state index contributed by atoms with van der Waals surface area (Å²) in [4.78, 5) is 25.7. The van der Waals surface area contributed by atoms with Crippen LogP contribution in [0.4, 0.5) is 10.1 Å². The molecular weight excluding hydrogens is 291 g/mol. The zero-order valence-corrected chi connectivity index (χ0v) is 11.3. The predicted molar refractivity (Wildman–Crippen MR) is 78.0 cm³/mol. The van der Waals surface area contributed by atoms with E-state index in [-0.39, 0.29) is 29.3 Å². The number of carbonyl (C=O) groups excluding carboxylic acids is 1. The highest BCUT2D eigenvalue weighted by molar-refractivity contribution is 5.98. The molecule has 0 unspecified atom stereocenters. The minimum absolute atomic E-state index is 0.140. The number of nitro benzene ring substituents is 1. The Hall–Kier alpha value is -3.09. The molecule has 0 aliphatic rings. The Morgan fingerprint density at radius 1 is 1.27 bits per heavy atom. The molecule has 0 heterocycles. The van der Waals surface area contributed by atoms with Crippen LogP contribution in [0.3, 0.4) is 0 Å². The van der Waals surface area contributed by atoms with Gasteiger partial charge in [-0.05, 0) is 30.3 Å². The fraction of sp³-hybridized carbons (Fsp3) is 0.0667. The topological polar surface area (TPSA) is 92.8 Å². The molecule has 0 fully saturated rings. The molecule has 0 aromatic heterocycles. The van der Waals surface area contributed by atoms with Crippen molar-refractivity contribution in [3.05, 3.63) is 69.5 Å². The number of non-ortho nitro benzene ring substituents is 1. The molecule has 2 rings (SSSR count). The van der Waals surface area contributed by atoms with Crippen molar-refractivity contribution in [1.82, 2.24) is 0 Å². The Morgan fingerprint density at radius 3 is 2.59 bits per heavy atom. The predicted octanol–water partition coefficient (Wildman–Crippen LogP) is 2.74. The van der Waals surface area contributed by atoms with E-state index >= 15 is 0 Å². The van der Waals surface area contributed by atoms with Gasteiger partial charge in [-0.2, -0.15) is 0 Å². The number of ketones is 1. The molecule has 0 bridgehead atoms. The first-order chi connectivity index (χ1) is 10.5.